The molecule has 1 aliphatic heterocycles. The van der Waals surface area contributed by atoms with Gasteiger partial charge in [-0.3, -0.25) is 4.79 Å². The Balaban J connectivity index is 1.55. The van der Waals surface area contributed by atoms with E-state index < -0.39 is 0 Å². The molecule has 1 saturated heterocycles. The molecule has 1 atom stereocenters. The van der Waals surface area contributed by atoms with Crippen LogP contribution in [0.5, 0.6) is 0 Å². The number of carbonyl (C=O) groups is 1. The number of nitrogens with zero attached hydrogens (tertiary/aromatic N) is 3. The Kier molecular flexibility index (Phi) is 5.80. The molecule has 2 aliphatic rings. The van der Waals surface area contributed by atoms with E-state index in [0.717, 1.165) is 49.7 Å². The summed E-state index contributed by atoms with van der Waals surface area (Å²) in [5.41, 5.74) is 2.32. The predicted octanol–water partition coefficient (Wildman–Crippen LogP) is 5.12. The monoisotopic (exact) mass is 367 g/mol. The minimum absolute atomic E-state index is 0.244. The summed E-state index contributed by atoms with van der Waals surface area (Å²) in [6.07, 6.45) is 11.1. The van der Waals surface area contributed by atoms with Crippen LogP contribution in [0.4, 0.5) is 0 Å². The Labute approximate surface area is 163 Å². The molecule has 2 aromatic rings. The van der Waals surface area contributed by atoms with Crippen LogP contribution >= 0.6 is 0 Å². The van der Waals surface area contributed by atoms with E-state index in [-0.39, 0.29) is 5.92 Å². The van der Waals surface area contributed by atoms with Crippen LogP contribution in [0.3, 0.4) is 0 Å². The Morgan fingerprint density at radius 3 is 2.74 bits per heavy atom. The lowest BCUT2D eigenvalue weighted by Crippen LogP contribution is -2.26. The Morgan fingerprint density at radius 2 is 1.93 bits per heavy atom. The van der Waals surface area contributed by atoms with Gasteiger partial charge in [-0.2, -0.15) is 0 Å². The fourth-order valence-electron chi connectivity index (χ4n) is 4.94. The van der Waals surface area contributed by atoms with Gasteiger partial charge < -0.3 is 9.47 Å². The third-order valence-electron chi connectivity index (χ3n) is 6.53. The van der Waals surface area contributed by atoms with Gasteiger partial charge in [-0.05, 0) is 30.9 Å². The second-order valence-corrected chi connectivity index (χ2v) is 8.50. The number of hydrogen-bond acceptors (Lipinski definition) is 2. The average molecular weight is 368 g/mol. The third kappa shape index (κ3) is 4.04. The average Bonchev–Trinajstić information content (AvgIpc) is 3.25. The lowest BCUT2D eigenvalue weighted by Gasteiger charge is -2.23. The maximum atomic E-state index is 12.5. The van der Waals surface area contributed by atoms with Crippen LogP contribution < -0.4 is 0 Å². The van der Waals surface area contributed by atoms with Crippen molar-refractivity contribution in [3.05, 3.63) is 30.1 Å². The van der Waals surface area contributed by atoms with Crippen molar-refractivity contribution < 1.29 is 4.79 Å². The largest absolute Gasteiger partial charge is 0.342 e. The summed E-state index contributed by atoms with van der Waals surface area (Å²) in [6.45, 7) is 4.96. The van der Waals surface area contributed by atoms with E-state index in [0.29, 0.717) is 12.3 Å². The van der Waals surface area contributed by atoms with Crippen LogP contribution in [-0.2, 0) is 11.3 Å². The maximum Gasteiger partial charge on any atom is 0.223 e. The summed E-state index contributed by atoms with van der Waals surface area (Å²) in [4.78, 5) is 19.5. The fraction of sp³-hybridized carbons (Fsp3) is 0.652. The first-order chi connectivity index (χ1) is 13.3. The first kappa shape index (κ1) is 18.5. The smallest absolute Gasteiger partial charge is 0.223 e. The number of imidazole rings is 1. The van der Waals surface area contributed by atoms with Crippen molar-refractivity contribution in [3.63, 3.8) is 0 Å². The van der Waals surface area contributed by atoms with Crippen molar-refractivity contribution in [1.82, 2.24) is 14.5 Å². The van der Waals surface area contributed by atoms with Crippen LogP contribution in [0.25, 0.3) is 11.0 Å². The second-order valence-electron chi connectivity index (χ2n) is 8.50. The number of likely N-dealkylation sites (tertiary alicyclic amines) is 1. The molecule has 0 unspecified atom stereocenters. The highest BCUT2D eigenvalue weighted by Gasteiger charge is 2.33. The highest BCUT2D eigenvalue weighted by molar-refractivity contribution is 5.80. The molecule has 1 saturated carbocycles. The number of unbranched alkanes of at least 4 members (excludes halogenated alkanes) is 1. The minimum atomic E-state index is 0.244. The highest BCUT2D eigenvalue weighted by atomic mass is 16.2. The zero-order valence-corrected chi connectivity index (χ0v) is 16.7. The van der Waals surface area contributed by atoms with Gasteiger partial charge in [0.2, 0.25) is 5.91 Å². The van der Waals surface area contributed by atoms with E-state index in [9.17, 15) is 4.79 Å². The molecule has 1 aliphatic carbocycles. The highest BCUT2D eigenvalue weighted by Crippen LogP contribution is 2.32. The van der Waals surface area contributed by atoms with Gasteiger partial charge in [-0.1, -0.05) is 57.6 Å². The molecule has 2 fully saturated rings. The van der Waals surface area contributed by atoms with Gasteiger partial charge in [0.1, 0.15) is 5.82 Å². The number of rotatable bonds is 7. The van der Waals surface area contributed by atoms with Crippen LogP contribution in [0.15, 0.2) is 24.3 Å². The molecule has 1 aromatic carbocycles. The summed E-state index contributed by atoms with van der Waals surface area (Å²) in [5, 5.41) is 0. The molecule has 0 spiro atoms. The molecule has 4 rings (SSSR count). The number of amides is 1. The van der Waals surface area contributed by atoms with E-state index in [2.05, 4.69) is 40.7 Å². The van der Waals surface area contributed by atoms with Crippen molar-refractivity contribution in [2.45, 2.75) is 77.2 Å². The Hall–Kier alpha value is -1.84. The first-order valence-corrected chi connectivity index (χ1v) is 11.0. The van der Waals surface area contributed by atoms with E-state index in [1.807, 2.05) is 0 Å². The van der Waals surface area contributed by atoms with Gasteiger partial charge in [-0.15, -0.1) is 0 Å². The topological polar surface area (TPSA) is 38.1 Å². The first-order valence-electron chi connectivity index (χ1n) is 11.0. The van der Waals surface area contributed by atoms with E-state index in [1.165, 1.54) is 44.0 Å². The zero-order valence-electron chi connectivity index (χ0n) is 16.7. The molecule has 0 radical (unpaired) electrons. The lowest BCUT2D eigenvalue weighted by molar-refractivity contribution is -0.127. The summed E-state index contributed by atoms with van der Waals surface area (Å²) in [6, 6.07) is 8.48. The third-order valence-corrected chi connectivity index (χ3v) is 6.53. The molecular weight excluding hydrogens is 334 g/mol. The Morgan fingerprint density at radius 1 is 1.11 bits per heavy atom. The van der Waals surface area contributed by atoms with Gasteiger partial charge >= 0.3 is 0 Å². The van der Waals surface area contributed by atoms with Gasteiger partial charge in [-0.25, -0.2) is 4.98 Å². The minimum Gasteiger partial charge on any atom is -0.342 e. The number of para-hydroxylation sites is 2. The Bertz CT molecular complexity index is 775. The normalized spacial score (nSPS) is 21.4. The van der Waals surface area contributed by atoms with E-state index in [1.54, 1.807) is 0 Å². The second kappa shape index (κ2) is 8.45. The SMILES string of the molecule is CCCCN1C[C@H](c2nc3ccccc3n2CCC2CCCCC2)CC1=O. The summed E-state index contributed by atoms with van der Waals surface area (Å²) in [7, 11) is 0. The van der Waals surface area contributed by atoms with Crippen LogP contribution in [0.2, 0.25) is 0 Å². The number of aromatic nitrogens is 2. The van der Waals surface area contributed by atoms with Gasteiger partial charge in [0.05, 0.1) is 11.0 Å². The summed E-state index contributed by atoms with van der Waals surface area (Å²) in [5.74, 6) is 2.55. The van der Waals surface area contributed by atoms with Crippen LogP contribution in [0.1, 0.15) is 76.5 Å². The fourth-order valence-corrected chi connectivity index (χ4v) is 4.94. The molecule has 0 N–H and O–H groups in total. The molecule has 146 valence electrons. The zero-order chi connectivity index (χ0) is 18.6. The van der Waals surface area contributed by atoms with Gasteiger partial charge in [0.15, 0.2) is 0 Å². The lowest BCUT2D eigenvalue weighted by atomic mass is 9.87. The van der Waals surface area contributed by atoms with Crippen molar-refractivity contribution in [2.75, 3.05) is 13.1 Å². The number of benzene rings is 1. The van der Waals surface area contributed by atoms with Crippen molar-refractivity contribution in [1.29, 1.82) is 0 Å². The summed E-state index contributed by atoms with van der Waals surface area (Å²) < 4.78 is 2.44. The predicted molar refractivity (Wildman–Crippen MR) is 110 cm³/mol. The van der Waals surface area contributed by atoms with E-state index in [4.69, 9.17) is 4.98 Å². The molecule has 1 aromatic heterocycles. The van der Waals surface area contributed by atoms with E-state index >= 15 is 0 Å². The molecule has 2 heterocycles. The molecular formula is C23H33N3O. The van der Waals surface area contributed by atoms with Crippen LogP contribution in [-0.4, -0.2) is 33.4 Å². The van der Waals surface area contributed by atoms with Gasteiger partial charge in [0.25, 0.3) is 0 Å². The number of hydrogen-bond donors (Lipinski definition) is 0. The standard InChI is InChI=1S/C23H33N3O/c1-2-3-14-25-17-19(16-22(25)27)23-24-20-11-7-8-12-21(20)26(23)15-13-18-9-5-4-6-10-18/h7-8,11-12,18-19H,2-6,9-10,13-17H2,1H3/t19-/m1/s1. The van der Waals surface area contributed by atoms with Crippen molar-refractivity contribution in [3.8, 4) is 0 Å². The van der Waals surface area contributed by atoms with Crippen molar-refractivity contribution in [2.24, 2.45) is 5.92 Å². The number of carbonyl (C=O) groups excluding carboxylic acids is 1. The molecule has 1 amide bonds. The molecule has 0 bridgehead atoms. The maximum absolute atomic E-state index is 12.5. The quantitative estimate of drug-likeness (QED) is 0.681. The molecule has 27 heavy (non-hydrogen) atoms. The summed E-state index contributed by atoms with van der Waals surface area (Å²) >= 11 is 0. The van der Waals surface area contributed by atoms with Gasteiger partial charge in [0, 0.05) is 32.0 Å². The number of aryl methyl sites for hydroxylation is 1. The molecule has 4 nitrogen and oxygen atoms in total. The number of fused-ring (bicyclic) bond motifs is 1. The van der Waals surface area contributed by atoms with Crippen LogP contribution in [0, 0.1) is 5.92 Å². The van der Waals surface area contributed by atoms with Crippen molar-refractivity contribution >= 4 is 16.9 Å². The molecule has 4 heteroatoms.